The third kappa shape index (κ3) is 2.34. The van der Waals surface area contributed by atoms with Crippen LogP contribution < -0.4 is 20.6 Å². The Kier molecular flexibility index (Phi) is 3.80. The summed E-state index contributed by atoms with van der Waals surface area (Å²) in [5.41, 5.74) is 17.5. The molecular weight excluding hydrogens is 471 g/mol. The summed E-state index contributed by atoms with van der Waals surface area (Å²) in [5, 5.41) is 0. The fraction of sp³-hybridized carbons (Fsp3) is 0.167. The first-order valence-corrected chi connectivity index (χ1v) is 14.1. The highest BCUT2D eigenvalue weighted by Crippen LogP contribution is 2.61. The monoisotopic (exact) mass is 500 g/mol. The van der Waals surface area contributed by atoms with E-state index >= 15 is 0 Å². The lowest BCUT2D eigenvalue weighted by molar-refractivity contribution is 0.642. The van der Waals surface area contributed by atoms with Gasteiger partial charge in [-0.05, 0) is 75.0 Å². The van der Waals surface area contributed by atoms with Crippen molar-refractivity contribution in [1.82, 2.24) is 0 Å². The molecule has 3 aliphatic heterocycles. The van der Waals surface area contributed by atoms with Crippen LogP contribution in [0.25, 0.3) is 11.1 Å². The number of nitrogens with zero attached hydrogens (tertiary/aromatic N) is 2. The fourth-order valence-corrected chi connectivity index (χ4v) is 8.45. The highest BCUT2D eigenvalue weighted by atomic mass is 15.2. The molecule has 186 valence electrons. The molecule has 2 bridgehead atoms. The van der Waals surface area contributed by atoms with Crippen molar-refractivity contribution >= 4 is 40.5 Å². The summed E-state index contributed by atoms with van der Waals surface area (Å²) < 4.78 is 0. The van der Waals surface area contributed by atoms with Crippen LogP contribution in [0.3, 0.4) is 0 Å². The molecule has 0 spiro atoms. The highest BCUT2D eigenvalue weighted by Gasteiger charge is 2.52. The summed E-state index contributed by atoms with van der Waals surface area (Å²) >= 11 is 0. The summed E-state index contributed by atoms with van der Waals surface area (Å²) in [5.74, 6) is 0. The molecule has 1 aliphatic carbocycles. The largest absolute Gasteiger partial charge is 0.373 e. The van der Waals surface area contributed by atoms with E-state index in [4.69, 9.17) is 0 Å². The zero-order valence-corrected chi connectivity index (χ0v) is 22.8. The van der Waals surface area contributed by atoms with Crippen LogP contribution in [0.2, 0.25) is 0 Å². The van der Waals surface area contributed by atoms with E-state index in [0.717, 1.165) is 0 Å². The zero-order chi connectivity index (χ0) is 26.3. The molecule has 0 amide bonds. The maximum atomic E-state index is 2.70. The van der Waals surface area contributed by atoms with Crippen LogP contribution in [-0.2, 0) is 10.8 Å². The third-order valence-electron chi connectivity index (χ3n) is 10.3. The molecule has 3 heteroatoms. The van der Waals surface area contributed by atoms with Gasteiger partial charge in [-0.15, -0.1) is 0 Å². The molecule has 2 nitrogen and oxygen atoms in total. The number of anilines is 4. The molecule has 0 radical (unpaired) electrons. The Balaban J connectivity index is 1.52. The summed E-state index contributed by atoms with van der Waals surface area (Å²) in [7, 11) is 2.23. The SMILES string of the molecule is CN1c2ccccc2N2B3c4ccccc4C(C)(C)c4ccc(cc43)C3(C)c4ccccc4-c4ccc1c2c43. The second-order valence-electron chi connectivity index (χ2n) is 12.4. The fourth-order valence-electron chi connectivity index (χ4n) is 8.45. The first kappa shape index (κ1) is 21.7. The van der Waals surface area contributed by atoms with Crippen LogP contribution in [0.1, 0.15) is 48.6 Å². The van der Waals surface area contributed by atoms with Gasteiger partial charge in [0.2, 0.25) is 0 Å². The Morgan fingerprint density at radius 2 is 1.28 bits per heavy atom. The van der Waals surface area contributed by atoms with Gasteiger partial charge in [0.1, 0.15) is 0 Å². The Morgan fingerprint density at radius 3 is 2.13 bits per heavy atom. The first-order valence-electron chi connectivity index (χ1n) is 14.1. The second kappa shape index (κ2) is 6.85. The lowest BCUT2D eigenvalue weighted by Gasteiger charge is -2.50. The van der Waals surface area contributed by atoms with Crippen molar-refractivity contribution in [1.29, 1.82) is 0 Å². The lowest BCUT2D eigenvalue weighted by Crippen LogP contribution is -2.64. The number of benzene rings is 5. The van der Waals surface area contributed by atoms with Gasteiger partial charge >= 0.3 is 6.85 Å². The van der Waals surface area contributed by atoms with E-state index in [2.05, 4.69) is 141 Å². The minimum absolute atomic E-state index is 0.0752. The van der Waals surface area contributed by atoms with Gasteiger partial charge in [0, 0.05) is 17.9 Å². The average molecular weight is 500 g/mol. The standard InChI is InChI=1S/C36H29BN2/c1-35(2)26-13-7-8-14-28(26)37-29-21-22(17-19-27(29)35)36(3)25-12-6-5-11-23(25)24-18-20-32-34(33(24)36)39(37)31-16-10-9-15-30(31)38(32)4/h5-21H,1-4H3. The van der Waals surface area contributed by atoms with Crippen molar-refractivity contribution in [2.24, 2.45) is 0 Å². The Bertz CT molecular complexity index is 1900. The maximum Gasteiger partial charge on any atom is 0.328 e. The molecule has 0 N–H and O–H groups in total. The molecule has 9 rings (SSSR count). The molecule has 3 heterocycles. The quantitative estimate of drug-likeness (QED) is 0.211. The first-order chi connectivity index (χ1) is 18.9. The normalized spacial score (nSPS) is 19.9. The number of hydrogen-bond acceptors (Lipinski definition) is 2. The van der Waals surface area contributed by atoms with Gasteiger partial charge in [-0.1, -0.05) is 98.8 Å². The molecule has 0 aromatic heterocycles. The van der Waals surface area contributed by atoms with Crippen LogP contribution in [0.5, 0.6) is 0 Å². The third-order valence-corrected chi connectivity index (χ3v) is 10.3. The molecule has 5 aromatic carbocycles. The van der Waals surface area contributed by atoms with Gasteiger partial charge in [0.25, 0.3) is 0 Å². The summed E-state index contributed by atoms with van der Waals surface area (Å²) in [4.78, 5) is 5.10. The summed E-state index contributed by atoms with van der Waals surface area (Å²) in [6.07, 6.45) is 0. The Morgan fingerprint density at radius 1 is 0.590 bits per heavy atom. The minimum Gasteiger partial charge on any atom is -0.373 e. The lowest BCUT2D eigenvalue weighted by atomic mass is 9.39. The molecule has 1 atom stereocenters. The van der Waals surface area contributed by atoms with E-state index in [-0.39, 0.29) is 17.7 Å². The van der Waals surface area contributed by atoms with Gasteiger partial charge < -0.3 is 9.71 Å². The minimum atomic E-state index is -0.246. The number of rotatable bonds is 0. The maximum absolute atomic E-state index is 2.70. The van der Waals surface area contributed by atoms with Crippen LogP contribution >= 0.6 is 0 Å². The van der Waals surface area contributed by atoms with E-state index in [1.54, 1.807) is 0 Å². The van der Waals surface area contributed by atoms with E-state index < -0.39 is 0 Å². The van der Waals surface area contributed by atoms with Crippen molar-refractivity contribution < 1.29 is 0 Å². The van der Waals surface area contributed by atoms with Crippen LogP contribution in [0.15, 0.2) is 103 Å². The molecule has 5 aromatic rings. The van der Waals surface area contributed by atoms with Gasteiger partial charge in [-0.25, -0.2) is 0 Å². The van der Waals surface area contributed by atoms with Crippen molar-refractivity contribution in [3.8, 4) is 11.1 Å². The van der Waals surface area contributed by atoms with Gasteiger partial charge in [0.15, 0.2) is 0 Å². The smallest absolute Gasteiger partial charge is 0.328 e. The molecule has 0 fully saturated rings. The van der Waals surface area contributed by atoms with Crippen molar-refractivity contribution in [2.45, 2.75) is 31.6 Å². The van der Waals surface area contributed by atoms with E-state index in [1.807, 2.05) is 0 Å². The van der Waals surface area contributed by atoms with Crippen LogP contribution in [0, 0.1) is 0 Å². The van der Waals surface area contributed by atoms with E-state index in [1.165, 1.54) is 72.6 Å². The summed E-state index contributed by atoms with van der Waals surface area (Å²) in [6, 6.07) is 39.3. The predicted molar refractivity (Wildman–Crippen MR) is 164 cm³/mol. The number of fused-ring (bicyclic) bond motifs is 10. The molecule has 0 saturated heterocycles. The van der Waals surface area contributed by atoms with Gasteiger partial charge in [-0.3, -0.25) is 0 Å². The average Bonchev–Trinajstić information content (AvgIpc) is 3.23. The molecule has 0 saturated carbocycles. The van der Waals surface area contributed by atoms with E-state index in [0.29, 0.717) is 0 Å². The Labute approximate surface area is 230 Å². The van der Waals surface area contributed by atoms with Gasteiger partial charge in [-0.2, -0.15) is 0 Å². The predicted octanol–water partition coefficient (Wildman–Crippen LogP) is 7.00. The van der Waals surface area contributed by atoms with Crippen molar-refractivity contribution in [3.63, 3.8) is 0 Å². The van der Waals surface area contributed by atoms with Crippen LogP contribution in [0.4, 0.5) is 22.7 Å². The topological polar surface area (TPSA) is 6.48 Å². The second-order valence-corrected chi connectivity index (χ2v) is 12.4. The molecule has 4 aliphatic rings. The van der Waals surface area contributed by atoms with Gasteiger partial charge in [0.05, 0.1) is 22.7 Å². The van der Waals surface area contributed by atoms with Crippen molar-refractivity contribution in [2.75, 3.05) is 16.8 Å². The van der Waals surface area contributed by atoms with Crippen LogP contribution in [-0.4, -0.2) is 13.9 Å². The highest BCUT2D eigenvalue weighted by molar-refractivity contribution is 6.90. The molecule has 39 heavy (non-hydrogen) atoms. The number of hydrogen-bond donors (Lipinski definition) is 0. The number of para-hydroxylation sites is 2. The molecular formula is C36H29BN2. The van der Waals surface area contributed by atoms with E-state index in [9.17, 15) is 0 Å². The van der Waals surface area contributed by atoms with Crippen molar-refractivity contribution in [3.05, 3.63) is 131 Å². The molecule has 1 unspecified atom stereocenters. The summed E-state index contributed by atoms with van der Waals surface area (Å²) in [6.45, 7) is 7.35. The Hall–Kier alpha value is -4.24. The zero-order valence-electron chi connectivity index (χ0n) is 22.8.